The van der Waals surface area contributed by atoms with E-state index >= 15 is 0 Å². The minimum absolute atomic E-state index is 0.0237. The summed E-state index contributed by atoms with van der Waals surface area (Å²) in [5, 5.41) is 23.4. The van der Waals surface area contributed by atoms with E-state index in [-0.39, 0.29) is 18.5 Å². The highest BCUT2D eigenvalue weighted by atomic mass is 16.5. The molecule has 0 aliphatic heterocycles. The normalized spacial score (nSPS) is 12.4. The number of carbonyl (C=O) groups excluding carboxylic acids is 2. The molecule has 0 heterocycles. The van der Waals surface area contributed by atoms with Crippen LogP contribution in [0.15, 0.2) is 0 Å². The molecule has 0 rings (SSSR count). The largest absolute Gasteiger partial charge is 0.466 e. The fourth-order valence-corrected chi connectivity index (χ4v) is 12.2. The lowest BCUT2D eigenvalue weighted by atomic mass is 10.0. The summed E-state index contributed by atoms with van der Waals surface area (Å²) in [6.45, 7) is 5.01. The molecule has 0 fully saturated rings. The molecule has 0 bridgehead atoms. The molecule has 80 heavy (non-hydrogen) atoms. The van der Waals surface area contributed by atoms with Crippen molar-refractivity contribution in [1.29, 1.82) is 0 Å². The van der Waals surface area contributed by atoms with Crippen LogP contribution in [-0.2, 0) is 14.3 Å². The first-order chi connectivity index (χ1) is 39.5. The molecule has 0 aliphatic rings. The number of hydrogen-bond donors (Lipinski definition) is 3. The van der Waals surface area contributed by atoms with Crippen LogP contribution in [0.1, 0.15) is 438 Å². The lowest BCUT2D eigenvalue weighted by Gasteiger charge is -2.22. The van der Waals surface area contributed by atoms with Crippen LogP contribution in [0.2, 0.25) is 0 Å². The number of ether oxygens (including phenoxy) is 1. The van der Waals surface area contributed by atoms with Crippen molar-refractivity contribution in [3.63, 3.8) is 0 Å². The van der Waals surface area contributed by atoms with Crippen LogP contribution in [0.4, 0.5) is 0 Å². The fourth-order valence-electron chi connectivity index (χ4n) is 12.2. The quantitative estimate of drug-likeness (QED) is 0.0417. The van der Waals surface area contributed by atoms with Crippen molar-refractivity contribution in [2.24, 2.45) is 0 Å². The summed E-state index contributed by atoms with van der Waals surface area (Å²) in [6.07, 6.45) is 86.0. The van der Waals surface area contributed by atoms with Crippen molar-refractivity contribution < 1.29 is 24.5 Å². The van der Waals surface area contributed by atoms with Gasteiger partial charge in [-0.25, -0.2) is 0 Å². The van der Waals surface area contributed by atoms with E-state index in [4.69, 9.17) is 4.74 Å². The number of hydrogen-bond acceptors (Lipinski definition) is 5. The molecule has 2 unspecified atom stereocenters. The van der Waals surface area contributed by atoms with Gasteiger partial charge in [-0.3, -0.25) is 9.59 Å². The first kappa shape index (κ1) is 78.9. The highest BCUT2D eigenvalue weighted by Crippen LogP contribution is 2.20. The minimum atomic E-state index is -0.661. The molecule has 0 saturated carbocycles. The molecule has 0 saturated heterocycles. The summed E-state index contributed by atoms with van der Waals surface area (Å²) < 4.78 is 5.50. The van der Waals surface area contributed by atoms with Crippen molar-refractivity contribution in [3.05, 3.63) is 0 Å². The SMILES string of the molecule is CCCCCCCCCCCCCCCCCCCCCC(O)C(CO)NC(=O)CCCCCCCCCCCCCCCCCCCCCCCCCCCCCCCCOC(=O)CCCCCCCCCCCCCCCC. The van der Waals surface area contributed by atoms with E-state index in [0.717, 1.165) is 38.5 Å². The van der Waals surface area contributed by atoms with Gasteiger partial charge in [-0.05, 0) is 25.7 Å². The van der Waals surface area contributed by atoms with Gasteiger partial charge in [0.1, 0.15) is 0 Å². The Morgan fingerprint density at radius 2 is 0.512 bits per heavy atom. The zero-order valence-corrected chi connectivity index (χ0v) is 54.9. The van der Waals surface area contributed by atoms with Crippen molar-refractivity contribution in [3.8, 4) is 0 Å². The Morgan fingerprint density at radius 1 is 0.300 bits per heavy atom. The number of rotatable bonds is 71. The average Bonchev–Trinajstić information content (AvgIpc) is 3.46. The van der Waals surface area contributed by atoms with Gasteiger partial charge in [-0.15, -0.1) is 0 Å². The number of esters is 1. The van der Waals surface area contributed by atoms with Gasteiger partial charge in [0.05, 0.1) is 25.4 Å². The first-order valence-electron chi connectivity index (χ1n) is 37.3. The second-order valence-corrected chi connectivity index (χ2v) is 26.0. The lowest BCUT2D eigenvalue weighted by Crippen LogP contribution is -2.45. The maximum atomic E-state index is 12.5. The Labute approximate surface area is 502 Å². The smallest absolute Gasteiger partial charge is 0.305 e. The molecule has 0 aromatic carbocycles. The number of amides is 1. The fraction of sp³-hybridized carbons (Fsp3) is 0.973. The summed E-state index contributed by atoms with van der Waals surface area (Å²) in [7, 11) is 0. The summed E-state index contributed by atoms with van der Waals surface area (Å²) in [5.74, 6) is -0.00200. The summed E-state index contributed by atoms with van der Waals surface area (Å²) in [6, 6.07) is -0.538. The average molecular weight is 1130 g/mol. The maximum Gasteiger partial charge on any atom is 0.305 e. The summed E-state index contributed by atoms with van der Waals surface area (Å²) in [4.78, 5) is 24.6. The molecule has 0 spiro atoms. The Kier molecular flexibility index (Phi) is 69.3. The molecule has 0 aliphatic carbocycles. The molecular weight excluding hydrogens is 983 g/mol. The van der Waals surface area contributed by atoms with Crippen LogP contribution in [0.25, 0.3) is 0 Å². The van der Waals surface area contributed by atoms with Gasteiger partial charge in [-0.2, -0.15) is 0 Å². The second kappa shape index (κ2) is 70.3. The van der Waals surface area contributed by atoms with Gasteiger partial charge in [0.2, 0.25) is 5.91 Å². The van der Waals surface area contributed by atoms with E-state index in [1.807, 2.05) is 0 Å². The number of aliphatic hydroxyl groups excluding tert-OH is 2. The standard InChI is InChI=1S/C74H147NO5/c1-3-5-7-9-11-13-15-17-19-20-33-36-39-42-46-50-54-58-62-66-72(77)71(70-76)75-73(78)67-63-59-55-51-47-43-40-37-34-31-29-27-25-23-21-22-24-26-28-30-32-35-38-41-45-49-53-57-61-65-69-80-74(79)68-64-60-56-52-48-44-18-16-14-12-10-8-6-4-2/h71-72,76-77H,3-70H2,1-2H3,(H,75,78). The minimum Gasteiger partial charge on any atom is -0.466 e. The molecule has 1 amide bonds. The Morgan fingerprint density at radius 3 is 0.762 bits per heavy atom. The number of carbonyl (C=O) groups is 2. The van der Waals surface area contributed by atoms with Crippen LogP contribution in [0.5, 0.6) is 0 Å². The summed E-state index contributed by atoms with van der Waals surface area (Å²) >= 11 is 0. The Hall–Kier alpha value is -1.14. The monoisotopic (exact) mass is 1130 g/mol. The van der Waals surface area contributed by atoms with Gasteiger partial charge in [0.25, 0.3) is 0 Å². The van der Waals surface area contributed by atoms with Crippen LogP contribution in [0, 0.1) is 0 Å². The molecule has 6 nitrogen and oxygen atoms in total. The van der Waals surface area contributed by atoms with E-state index in [9.17, 15) is 19.8 Å². The Balaban J connectivity index is 3.32. The molecule has 3 N–H and O–H groups in total. The van der Waals surface area contributed by atoms with E-state index < -0.39 is 12.1 Å². The molecule has 0 aromatic heterocycles. The molecule has 6 heteroatoms. The van der Waals surface area contributed by atoms with Crippen LogP contribution < -0.4 is 5.32 Å². The number of aliphatic hydroxyl groups is 2. The highest BCUT2D eigenvalue weighted by Gasteiger charge is 2.20. The molecule has 2 atom stereocenters. The van der Waals surface area contributed by atoms with Crippen LogP contribution in [0.3, 0.4) is 0 Å². The van der Waals surface area contributed by atoms with Gasteiger partial charge >= 0.3 is 5.97 Å². The third-order valence-corrected chi connectivity index (χ3v) is 17.9. The third kappa shape index (κ3) is 66.0. The van der Waals surface area contributed by atoms with Crippen molar-refractivity contribution in [1.82, 2.24) is 5.32 Å². The number of unbranched alkanes of at least 4 members (excludes halogenated alkanes) is 60. The van der Waals surface area contributed by atoms with E-state index in [0.29, 0.717) is 25.9 Å². The van der Waals surface area contributed by atoms with Crippen molar-refractivity contribution in [2.75, 3.05) is 13.2 Å². The maximum absolute atomic E-state index is 12.5. The molecular formula is C74H147NO5. The van der Waals surface area contributed by atoms with Gasteiger partial charge in [0.15, 0.2) is 0 Å². The summed E-state index contributed by atoms with van der Waals surface area (Å²) in [5.41, 5.74) is 0. The first-order valence-corrected chi connectivity index (χ1v) is 37.3. The third-order valence-electron chi connectivity index (χ3n) is 17.9. The van der Waals surface area contributed by atoms with Crippen molar-refractivity contribution >= 4 is 11.9 Å². The van der Waals surface area contributed by atoms with Gasteiger partial charge in [-0.1, -0.05) is 399 Å². The van der Waals surface area contributed by atoms with Crippen LogP contribution >= 0.6 is 0 Å². The zero-order valence-electron chi connectivity index (χ0n) is 54.9. The predicted octanol–water partition coefficient (Wildman–Crippen LogP) is 24.2. The highest BCUT2D eigenvalue weighted by molar-refractivity contribution is 5.76. The Bertz CT molecular complexity index is 1160. The lowest BCUT2D eigenvalue weighted by molar-refractivity contribution is -0.143. The van der Waals surface area contributed by atoms with E-state index in [1.54, 1.807) is 0 Å². The zero-order chi connectivity index (χ0) is 57.8. The van der Waals surface area contributed by atoms with E-state index in [1.165, 1.54) is 366 Å². The molecule has 0 aromatic rings. The second-order valence-electron chi connectivity index (χ2n) is 26.0. The van der Waals surface area contributed by atoms with Gasteiger partial charge < -0.3 is 20.3 Å². The topological polar surface area (TPSA) is 95.9 Å². The number of nitrogens with one attached hydrogen (secondary N) is 1. The predicted molar refractivity (Wildman–Crippen MR) is 352 cm³/mol. The van der Waals surface area contributed by atoms with Crippen molar-refractivity contribution in [2.45, 2.75) is 450 Å². The van der Waals surface area contributed by atoms with Gasteiger partial charge in [0, 0.05) is 12.8 Å². The van der Waals surface area contributed by atoms with E-state index in [2.05, 4.69) is 19.2 Å². The molecule has 0 radical (unpaired) electrons. The van der Waals surface area contributed by atoms with Crippen LogP contribution in [-0.4, -0.2) is 47.4 Å². The molecule has 478 valence electrons.